The zero-order valence-electron chi connectivity index (χ0n) is 5.73. The van der Waals surface area contributed by atoms with Gasteiger partial charge in [0.15, 0.2) is 5.84 Å². The molecule has 11 heavy (non-hydrogen) atoms. The van der Waals surface area contributed by atoms with Crippen molar-refractivity contribution in [1.82, 2.24) is 0 Å². The van der Waals surface area contributed by atoms with Crippen LogP contribution in [0, 0.1) is 0 Å². The molecule has 0 saturated heterocycles. The fourth-order valence-electron chi connectivity index (χ4n) is 1.09. The molecule has 0 unspecified atom stereocenters. The van der Waals surface area contributed by atoms with E-state index in [2.05, 4.69) is 10.1 Å². The maximum atomic E-state index is 8.49. The Morgan fingerprint density at radius 2 is 2.09 bits per heavy atom. The molecule has 0 atom stereocenters. The molecule has 0 saturated carbocycles. The largest absolute Gasteiger partial charge is 0.409 e. The van der Waals surface area contributed by atoms with Crippen LogP contribution in [0.5, 0.6) is 0 Å². The van der Waals surface area contributed by atoms with Crippen LogP contribution in [0.4, 0.5) is 0 Å². The molecule has 1 aromatic rings. The second-order valence-electron chi connectivity index (χ2n) is 2.27. The Kier molecular flexibility index (Phi) is 1.22. The van der Waals surface area contributed by atoms with Gasteiger partial charge in [0.2, 0.25) is 0 Å². The maximum Gasteiger partial charge on any atom is 0.199 e. The Balaban J connectivity index is 2.63. The van der Waals surface area contributed by atoms with Crippen molar-refractivity contribution >= 4 is 12.1 Å². The monoisotopic (exact) mass is 146 g/mol. The molecule has 1 aliphatic heterocycles. The van der Waals surface area contributed by atoms with Crippen LogP contribution in [0.3, 0.4) is 0 Å². The highest BCUT2D eigenvalue weighted by atomic mass is 16.4. The minimum Gasteiger partial charge on any atom is -0.409 e. The molecule has 0 bridgehead atoms. The van der Waals surface area contributed by atoms with Crippen LogP contribution in [0.15, 0.2) is 34.4 Å². The average Bonchev–Trinajstić information content (AvgIpc) is 2.47. The Morgan fingerprint density at radius 1 is 1.27 bits per heavy atom. The third-order valence-corrected chi connectivity index (χ3v) is 1.62. The fourth-order valence-corrected chi connectivity index (χ4v) is 1.09. The molecular formula is C8H6N2O. The predicted octanol–water partition coefficient (Wildman–Crippen LogP) is 1.25. The summed E-state index contributed by atoms with van der Waals surface area (Å²) < 4.78 is 0. The molecule has 0 amide bonds. The highest BCUT2D eigenvalue weighted by Crippen LogP contribution is 2.13. The summed E-state index contributed by atoms with van der Waals surface area (Å²) in [6.07, 6.45) is 1.68. The zero-order valence-corrected chi connectivity index (χ0v) is 5.73. The molecule has 1 aliphatic rings. The van der Waals surface area contributed by atoms with Crippen molar-refractivity contribution in [2.75, 3.05) is 0 Å². The molecule has 0 spiro atoms. The van der Waals surface area contributed by atoms with Gasteiger partial charge in [0, 0.05) is 17.3 Å². The van der Waals surface area contributed by atoms with Crippen molar-refractivity contribution in [3.63, 3.8) is 0 Å². The number of hydrogen-bond donors (Lipinski definition) is 1. The summed E-state index contributed by atoms with van der Waals surface area (Å²) >= 11 is 0. The van der Waals surface area contributed by atoms with Crippen molar-refractivity contribution in [3.05, 3.63) is 35.4 Å². The van der Waals surface area contributed by atoms with Crippen molar-refractivity contribution in [2.45, 2.75) is 0 Å². The fraction of sp³-hybridized carbons (Fsp3) is 0. The number of aliphatic imine (C=N–C) groups is 1. The minimum absolute atomic E-state index is 0.389. The van der Waals surface area contributed by atoms with E-state index in [1.807, 2.05) is 24.3 Å². The molecule has 1 aromatic carbocycles. The standard InChI is InChI=1S/C8H6N2O/c11-10-8-7-4-2-1-3-6(7)5-9-8/h1-5,11H/b10-8-. The smallest absolute Gasteiger partial charge is 0.199 e. The average molecular weight is 146 g/mol. The van der Waals surface area contributed by atoms with Crippen LogP contribution < -0.4 is 0 Å². The van der Waals surface area contributed by atoms with Crippen molar-refractivity contribution < 1.29 is 5.21 Å². The lowest BCUT2D eigenvalue weighted by Gasteiger charge is -1.93. The van der Waals surface area contributed by atoms with Crippen LogP contribution in [0.1, 0.15) is 11.1 Å². The number of oxime groups is 1. The maximum absolute atomic E-state index is 8.49. The number of amidine groups is 1. The van der Waals surface area contributed by atoms with Crippen molar-refractivity contribution in [1.29, 1.82) is 0 Å². The van der Waals surface area contributed by atoms with Crippen LogP contribution in [-0.2, 0) is 0 Å². The van der Waals surface area contributed by atoms with E-state index in [0.29, 0.717) is 5.84 Å². The molecule has 0 aliphatic carbocycles. The number of hydrogen-bond acceptors (Lipinski definition) is 2. The first-order valence-electron chi connectivity index (χ1n) is 3.27. The number of nitrogens with zero attached hydrogens (tertiary/aromatic N) is 2. The van der Waals surface area contributed by atoms with Gasteiger partial charge in [0.05, 0.1) is 0 Å². The molecule has 0 aromatic heterocycles. The second-order valence-corrected chi connectivity index (χ2v) is 2.27. The minimum atomic E-state index is 0.389. The summed E-state index contributed by atoms with van der Waals surface area (Å²) in [5.41, 5.74) is 1.88. The van der Waals surface area contributed by atoms with Crippen LogP contribution in [-0.4, -0.2) is 17.3 Å². The Hall–Kier alpha value is -1.64. The van der Waals surface area contributed by atoms with Gasteiger partial charge in [0.25, 0.3) is 0 Å². The Labute approximate surface area is 63.7 Å². The van der Waals surface area contributed by atoms with Crippen molar-refractivity contribution in [2.24, 2.45) is 10.1 Å². The van der Waals surface area contributed by atoms with E-state index >= 15 is 0 Å². The molecule has 0 radical (unpaired) electrons. The first-order valence-corrected chi connectivity index (χ1v) is 3.27. The van der Waals surface area contributed by atoms with Gasteiger partial charge in [-0.15, -0.1) is 0 Å². The van der Waals surface area contributed by atoms with Crippen LogP contribution >= 0.6 is 0 Å². The van der Waals surface area contributed by atoms with Gasteiger partial charge in [-0.3, -0.25) is 0 Å². The number of rotatable bonds is 0. The van der Waals surface area contributed by atoms with Crippen LogP contribution in [0.2, 0.25) is 0 Å². The van der Waals surface area contributed by atoms with E-state index < -0.39 is 0 Å². The summed E-state index contributed by atoms with van der Waals surface area (Å²) in [6, 6.07) is 7.61. The highest BCUT2D eigenvalue weighted by Gasteiger charge is 2.11. The molecule has 3 nitrogen and oxygen atoms in total. The van der Waals surface area contributed by atoms with Gasteiger partial charge in [-0.05, 0) is 0 Å². The molecule has 54 valence electrons. The topological polar surface area (TPSA) is 45.0 Å². The molecule has 1 N–H and O–H groups in total. The summed E-state index contributed by atoms with van der Waals surface area (Å²) in [5.74, 6) is 0.389. The van der Waals surface area contributed by atoms with Gasteiger partial charge in [-0.2, -0.15) is 0 Å². The molecule has 3 heteroatoms. The molecule has 0 fully saturated rings. The first kappa shape index (κ1) is 6.09. The lowest BCUT2D eigenvalue weighted by Crippen LogP contribution is -1.92. The van der Waals surface area contributed by atoms with E-state index in [-0.39, 0.29) is 0 Å². The van der Waals surface area contributed by atoms with Gasteiger partial charge in [-0.25, -0.2) is 4.99 Å². The highest BCUT2D eigenvalue weighted by molar-refractivity contribution is 6.15. The predicted molar refractivity (Wildman–Crippen MR) is 42.4 cm³/mol. The normalized spacial score (nSPS) is 17.3. The SMILES string of the molecule is O/N=C1\N=Cc2ccccc21. The second kappa shape index (κ2) is 2.20. The van der Waals surface area contributed by atoms with Gasteiger partial charge < -0.3 is 5.21 Å². The lowest BCUT2D eigenvalue weighted by atomic mass is 10.1. The van der Waals surface area contributed by atoms with Gasteiger partial charge in [0.1, 0.15) is 0 Å². The van der Waals surface area contributed by atoms with E-state index in [9.17, 15) is 0 Å². The summed E-state index contributed by atoms with van der Waals surface area (Å²) in [4.78, 5) is 3.90. The Morgan fingerprint density at radius 3 is 2.91 bits per heavy atom. The van der Waals surface area contributed by atoms with E-state index in [1.54, 1.807) is 6.21 Å². The quantitative estimate of drug-likeness (QED) is 0.434. The van der Waals surface area contributed by atoms with Crippen LogP contribution in [0.25, 0.3) is 0 Å². The zero-order chi connectivity index (χ0) is 7.68. The third kappa shape index (κ3) is 0.816. The van der Waals surface area contributed by atoms with E-state index in [0.717, 1.165) is 11.1 Å². The van der Waals surface area contributed by atoms with E-state index in [4.69, 9.17) is 5.21 Å². The van der Waals surface area contributed by atoms with Crippen molar-refractivity contribution in [3.8, 4) is 0 Å². The lowest BCUT2D eigenvalue weighted by molar-refractivity contribution is 0.319. The Bertz CT molecular complexity index is 342. The summed E-state index contributed by atoms with van der Waals surface area (Å²) in [6.45, 7) is 0. The van der Waals surface area contributed by atoms with E-state index in [1.165, 1.54) is 0 Å². The molecular weight excluding hydrogens is 140 g/mol. The van der Waals surface area contributed by atoms with Gasteiger partial charge >= 0.3 is 0 Å². The first-order chi connectivity index (χ1) is 5.42. The number of fused-ring (bicyclic) bond motifs is 1. The number of benzene rings is 1. The third-order valence-electron chi connectivity index (χ3n) is 1.62. The summed E-state index contributed by atoms with van der Waals surface area (Å²) in [7, 11) is 0. The molecule has 2 rings (SSSR count). The molecule has 1 heterocycles. The van der Waals surface area contributed by atoms with Gasteiger partial charge in [-0.1, -0.05) is 29.4 Å². The summed E-state index contributed by atoms with van der Waals surface area (Å²) in [5, 5.41) is 11.5.